The Morgan fingerprint density at radius 1 is 1.33 bits per heavy atom. The van der Waals surface area contributed by atoms with Gasteiger partial charge in [0.15, 0.2) is 0 Å². The van der Waals surface area contributed by atoms with E-state index in [1.165, 1.54) is 5.56 Å². The smallest absolute Gasteiger partial charge is 0.0414 e. The highest BCUT2D eigenvalue weighted by molar-refractivity contribution is 9.10. The van der Waals surface area contributed by atoms with Gasteiger partial charge in [-0.05, 0) is 24.1 Å². The van der Waals surface area contributed by atoms with Crippen LogP contribution >= 0.6 is 15.9 Å². The predicted octanol–water partition coefficient (Wildman–Crippen LogP) is 3.28. The minimum absolute atomic E-state index is 0.984. The van der Waals surface area contributed by atoms with Crippen LogP contribution < -0.4 is 0 Å². The summed E-state index contributed by atoms with van der Waals surface area (Å²) >= 11 is 3.40. The van der Waals surface area contributed by atoms with Crippen LogP contribution in [-0.2, 0) is 0 Å². The second-order valence-corrected chi connectivity index (χ2v) is 3.45. The lowest BCUT2D eigenvalue weighted by Gasteiger charge is -2.01. The van der Waals surface area contributed by atoms with Crippen molar-refractivity contribution in [3.8, 4) is 0 Å². The van der Waals surface area contributed by atoms with Crippen molar-refractivity contribution in [3.05, 3.63) is 34.3 Å². The van der Waals surface area contributed by atoms with E-state index in [9.17, 15) is 0 Å². The quantitative estimate of drug-likeness (QED) is 0.686. The molecule has 0 aliphatic carbocycles. The van der Waals surface area contributed by atoms with Crippen LogP contribution in [0.15, 0.2) is 33.7 Å². The van der Waals surface area contributed by atoms with Gasteiger partial charge in [-0.3, -0.25) is 4.99 Å². The third-order valence-electron chi connectivity index (χ3n) is 1.78. The monoisotopic (exact) mass is 225 g/mol. The van der Waals surface area contributed by atoms with Crippen LogP contribution in [0, 0.1) is 0 Å². The van der Waals surface area contributed by atoms with Crippen molar-refractivity contribution < 1.29 is 0 Å². The molecule has 0 heterocycles. The molecule has 0 fully saturated rings. The maximum atomic E-state index is 4.21. The predicted molar refractivity (Wildman–Crippen MR) is 56.9 cm³/mol. The van der Waals surface area contributed by atoms with Crippen LogP contribution in [0.3, 0.4) is 0 Å². The lowest BCUT2D eigenvalue weighted by atomic mass is 10.1. The molecule has 1 aromatic rings. The van der Waals surface area contributed by atoms with E-state index in [0.29, 0.717) is 0 Å². The molecule has 0 aliphatic heterocycles. The van der Waals surface area contributed by atoms with Gasteiger partial charge in [-0.2, -0.15) is 0 Å². The van der Waals surface area contributed by atoms with E-state index in [-0.39, 0.29) is 0 Å². The third-order valence-corrected chi connectivity index (χ3v) is 2.31. The highest BCUT2D eigenvalue weighted by atomic mass is 79.9. The topological polar surface area (TPSA) is 12.4 Å². The Kier molecular flexibility index (Phi) is 3.48. The fourth-order valence-electron chi connectivity index (χ4n) is 1.13. The lowest BCUT2D eigenvalue weighted by molar-refractivity contribution is 1.24. The number of halogens is 1. The number of benzene rings is 1. The number of rotatable bonds is 2. The first-order valence-electron chi connectivity index (χ1n) is 3.99. The molecule has 12 heavy (non-hydrogen) atoms. The molecule has 0 saturated carbocycles. The first-order valence-corrected chi connectivity index (χ1v) is 4.78. The van der Waals surface area contributed by atoms with Gasteiger partial charge in [0.2, 0.25) is 0 Å². The first-order chi connectivity index (χ1) is 5.77. The Morgan fingerprint density at radius 2 is 1.92 bits per heavy atom. The molecule has 0 N–H and O–H groups in total. The van der Waals surface area contributed by atoms with Crippen LogP contribution in [0.1, 0.15) is 18.9 Å². The zero-order chi connectivity index (χ0) is 8.97. The molecule has 0 aromatic heterocycles. The van der Waals surface area contributed by atoms with Gasteiger partial charge < -0.3 is 0 Å². The summed E-state index contributed by atoms with van der Waals surface area (Å²) in [6, 6.07) is 8.23. The average Bonchev–Trinajstić information content (AvgIpc) is 2.10. The van der Waals surface area contributed by atoms with Crippen molar-refractivity contribution in [2.24, 2.45) is 4.99 Å². The molecule has 0 spiro atoms. The average molecular weight is 226 g/mol. The van der Waals surface area contributed by atoms with Gasteiger partial charge in [0.1, 0.15) is 0 Å². The minimum atomic E-state index is 0.984. The number of nitrogens with zero attached hydrogens (tertiary/aromatic N) is 1. The van der Waals surface area contributed by atoms with E-state index in [4.69, 9.17) is 0 Å². The zero-order valence-electron chi connectivity index (χ0n) is 7.34. The molecule has 1 aromatic carbocycles. The molecule has 0 saturated heterocycles. The Bertz CT molecular complexity index is 274. The van der Waals surface area contributed by atoms with Crippen LogP contribution in [0.2, 0.25) is 0 Å². The van der Waals surface area contributed by atoms with E-state index in [2.05, 4.69) is 40.0 Å². The maximum Gasteiger partial charge on any atom is 0.0414 e. The summed E-state index contributed by atoms with van der Waals surface area (Å²) < 4.78 is 1.11. The molecular formula is C10H12BrN. The number of hydrogen-bond acceptors (Lipinski definition) is 1. The van der Waals surface area contributed by atoms with Gasteiger partial charge in [0, 0.05) is 17.2 Å². The Hall–Kier alpha value is -0.630. The summed E-state index contributed by atoms with van der Waals surface area (Å²) in [6.07, 6.45) is 0.984. The molecule has 0 unspecified atom stereocenters. The largest absolute Gasteiger partial charge is 0.292 e. The molecule has 0 aliphatic rings. The summed E-state index contributed by atoms with van der Waals surface area (Å²) in [5.74, 6) is 0. The normalized spacial score (nSPS) is 11.8. The Morgan fingerprint density at radius 3 is 2.33 bits per heavy atom. The molecule has 0 radical (unpaired) electrons. The van der Waals surface area contributed by atoms with Gasteiger partial charge in [-0.1, -0.05) is 35.0 Å². The SMILES string of the molecule is CCC(=NC)c1ccc(Br)cc1. The van der Waals surface area contributed by atoms with Gasteiger partial charge in [-0.25, -0.2) is 0 Å². The molecule has 64 valence electrons. The van der Waals surface area contributed by atoms with E-state index in [0.717, 1.165) is 16.6 Å². The molecule has 1 nitrogen and oxygen atoms in total. The van der Waals surface area contributed by atoms with Gasteiger partial charge in [0.05, 0.1) is 0 Å². The minimum Gasteiger partial charge on any atom is -0.292 e. The lowest BCUT2D eigenvalue weighted by Crippen LogP contribution is -1.97. The van der Waals surface area contributed by atoms with Crippen molar-refractivity contribution >= 4 is 21.6 Å². The van der Waals surface area contributed by atoms with E-state index < -0.39 is 0 Å². The van der Waals surface area contributed by atoms with Crippen LogP contribution in [0.4, 0.5) is 0 Å². The summed E-state index contributed by atoms with van der Waals surface area (Å²) in [7, 11) is 1.83. The maximum absolute atomic E-state index is 4.21. The fourth-order valence-corrected chi connectivity index (χ4v) is 1.40. The molecule has 0 atom stereocenters. The van der Waals surface area contributed by atoms with Crippen molar-refractivity contribution in [1.82, 2.24) is 0 Å². The molecule has 1 rings (SSSR count). The number of aliphatic imine (C=N–C) groups is 1. The Labute approximate surface area is 81.7 Å². The van der Waals surface area contributed by atoms with Crippen molar-refractivity contribution in [2.75, 3.05) is 7.05 Å². The summed E-state index contributed by atoms with van der Waals surface area (Å²) in [5.41, 5.74) is 2.37. The number of hydrogen-bond donors (Lipinski definition) is 0. The molecule has 0 amide bonds. The first kappa shape index (κ1) is 9.46. The van der Waals surface area contributed by atoms with Gasteiger partial charge in [-0.15, -0.1) is 0 Å². The summed E-state index contributed by atoms with van der Waals surface area (Å²) in [6.45, 7) is 2.12. The highest BCUT2D eigenvalue weighted by Gasteiger charge is 1.98. The summed E-state index contributed by atoms with van der Waals surface area (Å²) in [5, 5.41) is 0. The second kappa shape index (κ2) is 4.41. The fraction of sp³-hybridized carbons (Fsp3) is 0.300. The van der Waals surface area contributed by atoms with E-state index in [1.807, 2.05) is 19.2 Å². The van der Waals surface area contributed by atoms with Crippen LogP contribution in [-0.4, -0.2) is 12.8 Å². The second-order valence-electron chi connectivity index (χ2n) is 2.53. The van der Waals surface area contributed by atoms with Crippen molar-refractivity contribution in [2.45, 2.75) is 13.3 Å². The van der Waals surface area contributed by atoms with Crippen LogP contribution in [0.25, 0.3) is 0 Å². The van der Waals surface area contributed by atoms with E-state index >= 15 is 0 Å². The van der Waals surface area contributed by atoms with Crippen LogP contribution in [0.5, 0.6) is 0 Å². The highest BCUT2D eigenvalue weighted by Crippen LogP contribution is 2.12. The Balaban J connectivity index is 2.96. The molecule has 2 heteroatoms. The molecular weight excluding hydrogens is 214 g/mol. The third kappa shape index (κ3) is 2.18. The zero-order valence-corrected chi connectivity index (χ0v) is 8.93. The van der Waals surface area contributed by atoms with Crippen molar-refractivity contribution in [3.63, 3.8) is 0 Å². The van der Waals surface area contributed by atoms with Gasteiger partial charge in [0.25, 0.3) is 0 Å². The van der Waals surface area contributed by atoms with E-state index in [1.54, 1.807) is 0 Å². The van der Waals surface area contributed by atoms with Gasteiger partial charge >= 0.3 is 0 Å². The van der Waals surface area contributed by atoms with Crippen molar-refractivity contribution in [1.29, 1.82) is 0 Å². The standard InChI is InChI=1S/C10H12BrN/c1-3-10(12-2)8-4-6-9(11)7-5-8/h4-7H,3H2,1-2H3. The summed E-state index contributed by atoms with van der Waals surface area (Å²) in [4.78, 5) is 4.21. The molecule has 0 bridgehead atoms.